The summed E-state index contributed by atoms with van der Waals surface area (Å²) in [6.45, 7) is 3.47. The van der Waals surface area contributed by atoms with Crippen molar-refractivity contribution in [3.8, 4) is 0 Å². The number of esters is 1. The van der Waals surface area contributed by atoms with Crippen molar-refractivity contribution in [2.45, 2.75) is 25.3 Å². The van der Waals surface area contributed by atoms with Crippen molar-refractivity contribution in [2.24, 2.45) is 5.73 Å². The lowest BCUT2D eigenvalue weighted by Gasteiger charge is -2.14. The highest BCUT2D eigenvalue weighted by Gasteiger charge is 2.21. The average Bonchev–Trinajstić information content (AvgIpc) is 2.74. The van der Waals surface area contributed by atoms with E-state index in [1.165, 1.54) is 24.3 Å². The molecule has 0 aliphatic carbocycles. The minimum Gasteiger partial charge on any atom is -0.457 e. The van der Waals surface area contributed by atoms with Crippen molar-refractivity contribution in [3.05, 3.63) is 94.5 Å². The highest BCUT2D eigenvalue weighted by atomic mass is 32.2. The van der Waals surface area contributed by atoms with Crippen LogP contribution in [-0.4, -0.2) is 20.3 Å². The summed E-state index contributed by atoms with van der Waals surface area (Å²) in [5.41, 5.74) is 7.83. The first-order chi connectivity index (χ1) is 14.7. The average molecular weight is 439 g/mol. The molecule has 0 atom stereocenters. The summed E-state index contributed by atoms with van der Waals surface area (Å²) in [5, 5.41) is 0. The Morgan fingerprint density at radius 3 is 2.32 bits per heavy atom. The van der Waals surface area contributed by atoms with Gasteiger partial charge in [-0.1, -0.05) is 36.4 Å². The molecule has 160 valence electrons. The molecule has 0 heterocycles. The number of carbonyl (C=O) groups is 2. The fourth-order valence-electron chi connectivity index (χ4n) is 2.94. The molecule has 0 bridgehead atoms. The Morgan fingerprint density at radius 2 is 1.65 bits per heavy atom. The van der Waals surface area contributed by atoms with E-state index in [9.17, 15) is 18.0 Å². The molecule has 0 aliphatic heterocycles. The third kappa shape index (κ3) is 5.29. The Hall–Kier alpha value is -3.65. The van der Waals surface area contributed by atoms with Crippen molar-refractivity contribution in [1.82, 2.24) is 0 Å². The highest BCUT2D eigenvalue weighted by Crippen LogP contribution is 2.24. The van der Waals surface area contributed by atoms with Gasteiger partial charge in [0, 0.05) is 5.56 Å². The normalized spacial score (nSPS) is 11.0. The van der Waals surface area contributed by atoms with Crippen LogP contribution >= 0.6 is 0 Å². The number of hydrogen-bond donors (Lipinski definition) is 2. The third-order valence-corrected chi connectivity index (χ3v) is 6.14. The Kier molecular flexibility index (Phi) is 6.41. The molecule has 0 radical (unpaired) electrons. The SMILES string of the molecule is Cc1ccc(C)c(S(=O)(=O)Nc2ccccc2C(=O)OCc2ccc(C(N)=O)cc2)c1. The van der Waals surface area contributed by atoms with E-state index in [1.807, 2.05) is 6.07 Å². The number of nitrogens with two attached hydrogens (primary N) is 1. The molecule has 0 unspecified atom stereocenters. The molecule has 1 amide bonds. The molecule has 3 N–H and O–H groups in total. The van der Waals surface area contributed by atoms with Crippen LogP contribution in [-0.2, 0) is 21.4 Å². The number of benzene rings is 3. The molecular formula is C23H22N2O5S. The van der Waals surface area contributed by atoms with Crippen molar-refractivity contribution < 1.29 is 22.7 Å². The molecule has 0 aliphatic rings. The van der Waals surface area contributed by atoms with Crippen LogP contribution in [0.2, 0.25) is 0 Å². The first-order valence-corrected chi connectivity index (χ1v) is 10.9. The van der Waals surface area contributed by atoms with Gasteiger partial charge in [0.15, 0.2) is 0 Å². The van der Waals surface area contributed by atoms with Crippen LogP contribution in [0.4, 0.5) is 5.69 Å². The topological polar surface area (TPSA) is 116 Å². The summed E-state index contributed by atoms with van der Waals surface area (Å²) in [7, 11) is -3.90. The van der Waals surface area contributed by atoms with Crippen LogP contribution in [0.25, 0.3) is 0 Å². The number of ether oxygens (including phenoxy) is 1. The van der Waals surface area contributed by atoms with Crippen molar-refractivity contribution in [1.29, 1.82) is 0 Å². The summed E-state index contributed by atoms with van der Waals surface area (Å²) < 4.78 is 33.6. The predicted octanol–water partition coefficient (Wildman–Crippen LogP) is 3.56. The molecule has 31 heavy (non-hydrogen) atoms. The summed E-state index contributed by atoms with van der Waals surface area (Å²) in [6, 6.07) is 17.7. The maximum Gasteiger partial charge on any atom is 0.340 e. The van der Waals surface area contributed by atoms with Crippen molar-refractivity contribution in [2.75, 3.05) is 4.72 Å². The second-order valence-electron chi connectivity index (χ2n) is 7.06. The number of carbonyl (C=O) groups excluding carboxylic acids is 2. The fraction of sp³-hybridized carbons (Fsp3) is 0.130. The summed E-state index contributed by atoms with van der Waals surface area (Å²) in [6.07, 6.45) is 0. The van der Waals surface area contributed by atoms with Gasteiger partial charge in [-0.3, -0.25) is 9.52 Å². The standard InChI is InChI=1S/C23H22N2O5S/c1-15-7-8-16(2)21(13-15)31(28,29)25-20-6-4-3-5-19(20)23(27)30-14-17-9-11-18(12-10-17)22(24)26/h3-13,25H,14H2,1-2H3,(H2,24,26). The lowest BCUT2D eigenvalue weighted by molar-refractivity contribution is 0.0473. The van der Waals surface area contributed by atoms with E-state index < -0.39 is 21.9 Å². The molecule has 0 aromatic heterocycles. The minimum absolute atomic E-state index is 0.0457. The molecule has 8 heteroatoms. The van der Waals surface area contributed by atoms with Gasteiger partial charge in [-0.2, -0.15) is 0 Å². The second kappa shape index (κ2) is 9.01. The molecule has 7 nitrogen and oxygen atoms in total. The molecule has 3 aromatic carbocycles. The number of amides is 1. The summed E-state index contributed by atoms with van der Waals surface area (Å²) in [4.78, 5) is 23.9. The van der Waals surface area contributed by atoms with Gasteiger partial charge in [0.25, 0.3) is 10.0 Å². The largest absolute Gasteiger partial charge is 0.457 e. The number of nitrogens with one attached hydrogen (secondary N) is 1. The number of anilines is 1. The van der Waals surface area contributed by atoms with E-state index in [-0.39, 0.29) is 22.8 Å². The highest BCUT2D eigenvalue weighted by molar-refractivity contribution is 7.92. The number of hydrogen-bond acceptors (Lipinski definition) is 5. The Bertz CT molecular complexity index is 1240. The molecule has 0 fully saturated rings. The van der Waals surface area contributed by atoms with Crippen LogP contribution in [0.5, 0.6) is 0 Å². The molecule has 0 saturated carbocycles. The maximum absolute atomic E-state index is 12.9. The third-order valence-electron chi connectivity index (χ3n) is 4.63. The summed E-state index contributed by atoms with van der Waals surface area (Å²) >= 11 is 0. The van der Waals surface area contributed by atoms with E-state index in [0.717, 1.165) is 5.56 Å². The quantitative estimate of drug-likeness (QED) is 0.547. The van der Waals surface area contributed by atoms with E-state index in [0.29, 0.717) is 16.7 Å². The number of aryl methyl sites for hydroxylation is 2. The maximum atomic E-state index is 12.9. The second-order valence-corrected chi connectivity index (χ2v) is 8.71. The number of para-hydroxylation sites is 1. The lowest BCUT2D eigenvalue weighted by Crippen LogP contribution is -2.17. The smallest absolute Gasteiger partial charge is 0.340 e. The van der Waals surface area contributed by atoms with Gasteiger partial charge in [-0.15, -0.1) is 0 Å². The van der Waals surface area contributed by atoms with Gasteiger partial charge in [0.1, 0.15) is 6.61 Å². The van der Waals surface area contributed by atoms with Gasteiger partial charge < -0.3 is 10.5 Å². The van der Waals surface area contributed by atoms with E-state index in [2.05, 4.69) is 4.72 Å². The van der Waals surface area contributed by atoms with Crippen LogP contribution < -0.4 is 10.5 Å². The molecule has 3 aromatic rings. The monoisotopic (exact) mass is 438 g/mol. The lowest BCUT2D eigenvalue weighted by atomic mass is 10.1. The van der Waals surface area contributed by atoms with Gasteiger partial charge in [-0.05, 0) is 60.9 Å². The summed E-state index contributed by atoms with van der Waals surface area (Å²) in [5.74, 6) is -1.23. The van der Waals surface area contributed by atoms with Crippen molar-refractivity contribution in [3.63, 3.8) is 0 Å². The van der Waals surface area contributed by atoms with Crippen LogP contribution in [0.3, 0.4) is 0 Å². The van der Waals surface area contributed by atoms with Gasteiger partial charge in [0.05, 0.1) is 16.1 Å². The predicted molar refractivity (Wildman–Crippen MR) is 117 cm³/mol. The molecule has 3 rings (SSSR count). The van der Waals surface area contributed by atoms with Gasteiger partial charge in [0.2, 0.25) is 5.91 Å². The molecular weight excluding hydrogens is 416 g/mol. The Morgan fingerprint density at radius 1 is 0.968 bits per heavy atom. The van der Waals surface area contributed by atoms with E-state index in [1.54, 1.807) is 50.2 Å². The first kappa shape index (κ1) is 22.0. The number of rotatable bonds is 7. The molecule has 0 spiro atoms. The van der Waals surface area contributed by atoms with Gasteiger partial charge in [-0.25, -0.2) is 13.2 Å². The van der Waals surface area contributed by atoms with E-state index in [4.69, 9.17) is 10.5 Å². The van der Waals surface area contributed by atoms with Crippen molar-refractivity contribution >= 4 is 27.6 Å². The van der Waals surface area contributed by atoms with Gasteiger partial charge >= 0.3 is 5.97 Å². The van der Waals surface area contributed by atoms with Crippen LogP contribution in [0.15, 0.2) is 71.6 Å². The number of primary amides is 1. The molecule has 0 saturated heterocycles. The minimum atomic E-state index is -3.90. The van der Waals surface area contributed by atoms with Crippen LogP contribution in [0, 0.1) is 13.8 Å². The number of sulfonamides is 1. The Labute approximate surface area is 180 Å². The van der Waals surface area contributed by atoms with Crippen LogP contribution in [0.1, 0.15) is 37.4 Å². The zero-order valence-corrected chi connectivity index (χ0v) is 17.9. The Balaban J connectivity index is 1.78. The zero-order chi connectivity index (χ0) is 22.6. The zero-order valence-electron chi connectivity index (χ0n) is 17.1. The fourth-order valence-corrected chi connectivity index (χ4v) is 4.35. The van der Waals surface area contributed by atoms with E-state index >= 15 is 0 Å². The first-order valence-electron chi connectivity index (χ1n) is 9.42.